The molecule has 0 spiro atoms. The number of hydrogen-bond donors (Lipinski definition) is 0. The minimum Gasteiger partial charge on any atom is -0.462 e. The van der Waals surface area contributed by atoms with E-state index in [1.807, 2.05) is 6.07 Å². The van der Waals surface area contributed by atoms with Crippen LogP contribution in [0.4, 0.5) is 0 Å². The highest BCUT2D eigenvalue weighted by Gasteiger charge is 2.24. The van der Waals surface area contributed by atoms with Crippen LogP contribution < -0.4 is 5.43 Å². The topological polar surface area (TPSA) is 50.5 Å². The average Bonchev–Trinajstić information content (AvgIpc) is 3.17. The Balaban J connectivity index is 1.42. The van der Waals surface area contributed by atoms with Crippen LogP contribution in [-0.2, 0) is 0 Å². The van der Waals surface area contributed by atoms with Gasteiger partial charge in [0, 0.05) is 31.1 Å². The minimum absolute atomic E-state index is 0.0310. The summed E-state index contributed by atoms with van der Waals surface area (Å²) in [6, 6.07) is 15.1. The van der Waals surface area contributed by atoms with Gasteiger partial charge in [-0.25, -0.2) is 0 Å². The maximum absolute atomic E-state index is 12.7. The van der Waals surface area contributed by atoms with Crippen molar-refractivity contribution in [3.8, 4) is 0 Å². The van der Waals surface area contributed by atoms with Gasteiger partial charge in [-0.2, -0.15) is 0 Å². The van der Waals surface area contributed by atoms with Crippen LogP contribution in [0.2, 0.25) is 5.02 Å². The van der Waals surface area contributed by atoms with Crippen molar-refractivity contribution in [3.63, 3.8) is 0 Å². The number of carbonyl (C=O) groups is 1. The van der Waals surface area contributed by atoms with Gasteiger partial charge in [-0.15, -0.1) is 0 Å². The van der Waals surface area contributed by atoms with Crippen LogP contribution in [0.3, 0.4) is 0 Å². The zero-order chi connectivity index (χ0) is 18.8. The van der Waals surface area contributed by atoms with E-state index in [1.54, 1.807) is 12.1 Å². The van der Waals surface area contributed by atoms with E-state index in [-0.39, 0.29) is 21.8 Å². The van der Waals surface area contributed by atoms with Gasteiger partial charge in [0.1, 0.15) is 0 Å². The number of hydrogen-bond acceptors (Lipinski definition) is 4. The van der Waals surface area contributed by atoms with E-state index in [0.29, 0.717) is 29.8 Å². The molecular formula is C22H20ClNO3. The van der Waals surface area contributed by atoms with Crippen LogP contribution in [-0.4, -0.2) is 30.3 Å². The van der Waals surface area contributed by atoms with E-state index in [4.69, 9.17) is 16.0 Å². The Hall–Kier alpha value is -2.43. The van der Waals surface area contributed by atoms with Crippen molar-refractivity contribution in [3.05, 3.63) is 81.2 Å². The summed E-state index contributed by atoms with van der Waals surface area (Å²) in [6.07, 6.45) is 2.81. The second kappa shape index (κ2) is 7.67. The molecule has 0 radical (unpaired) electrons. The number of likely N-dealkylation sites (tertiary alicyclic amines) is 1. The Morgan fingerprint density at radius 2 is 1.96 bits per heavy atom. The van der Waals surface area contributed by atoms with Gasteiger partial charge in [-0.3, -0.25) is 9.59 Å². The standard InChI is InChI=1S/C22H20ClNO3/c23-21-17(6-7-18-20(26)10-13-27-22(18)21)19(25)9-12-24-11-8-16(14-24)15-4-2-1-3-5-15/h1-7,10,13,16H,8-9,11-12,14H2. The number of halogens is 1. The summed E-state index contributed by atoms with van der Waals surface area (Å²) in [5.74, 6) is 0.497. The fourth-order valence-corrected chi connectivity index (χ4v) is 4.08. The van der Waals surface area contributed by atoms with Crippen LogP contribution in [0, 0.1) is 0 Å². The molecule has 1 aromatic heterocycles. The molecule has 0 saturated carbocycles. The molecule has 3 aromatic rings. The SMILES string of the molecule is O=C(CCN1CCC(c2ccccc2)C1)c1ccc2c(=O)ccoc2c1Cl. The number of carbonyl (C=O) groups excluding carboxylic acids is 1. The average molecular weight is 382 g/mol. The lowest BCUT2D eigenvalue weighted by molar-refractivity contribution is 0.0969. The van der Waals surface area contributed by atoms with Gasteiger partial charge in [-0.1, -0.05) is 41.9 Å². The highest BCUT2D eigenvalue weighted by atomic mass is 35.5. The van der Waals surface area contributed by atoms with Crippen LogP contribution in [0.1, 0.15) is 34.7 Å². The predicted molar refractivity (Wildman–Crippen MR) is 107 cm³/mol. The molecular weight excluding hydrogens is 362 g/mol. The van der Waals surface area contributed by atoms with Crippen molar-refractivity contribution in [2.75, 3.05) is 19.6 Å². The summed E-state index contributed by atoms with van der Waals surface area (Å²) in [7, 11) is 0. The van der Waals surface area contributed by atoms with Gasteiger partial charge in [0.25, 0.3) is 0 Å². The van der Waals surface area contributed by atoms with E-state index in [0.717, 1.165) is 19.5 Å². The second-order valence-electron chi connectivity index (χ2n) is 6.96. The van der Waals surface area contributed by atoms with E-state index in [9.17, 15) is 9.59 Å². The first-order valence-corrected chi connectivity index (χ1v) is 9.52. The highest BCUT2D eigenvalue weighted by Crippen LogP contribution is 2.29. The third-order valence-electron chi connectivity index (χ3n) is 5.27. The van der Waals surface area contributed by atoms with Gasteiger partial charge in [-0.05, 0) is 36.6 Å². The summed E-state index contributed by atoms with van der Waals surface area (Å²) < 4.78 is 5.36. The number of benzene rings is 2. The lowest BCUT2D eigenvalue weighted by Crippen LogP contribution is -2.23. The fraction of sp³-hybridized carbons (Fsp3) is 0.273. The summed E-state index contributed by atoms with van der Waals surface area (Å²) in [5.41, 5.74) is 1.89. The second-order valence-corrected chi connectivity index (χ2v) is 7.34. The minimum atomic E-state index is -0.166. The van der Waals surface area contributed by atoms with Crippen LogP contribution in [0.25, 0.3) is 11.0 Å². The summed E-state index contributed by atoms with van der Waals surface area (Å²) >= 11 is 6.34. The Morgan fingerprint density at radius 1 is 1.15 bits per heavy atom. The Bertz CT molecular complexity index is 1030. The quantitative estimate of drug-likeness (QED) is 0.610. The molecule has 2 heterocycles. The van der Waals surface area contributed by atoms with E-state index >= 15 is 0 Å². The van der Waals surface area contributed by atoms with E-state index in [2.05, 4.69) is 29.2 Å². The molecule has 138 valence electrons. The van der Waals surface area contributed by atoms with Gasteiger partial charge in [0.15, 0.2) is 16.8 Å². The van der Waals surface area contributed by atoms with Crippen molar-refractivity contribution in [2.45, 2.75) is 18.8 Å². The van der Waals surface area contributed by atoms with Crippen LogP contribution in [0.15, 0.2) is 64.0 Å². The summed E-state index contributed by atoms with van der Waals surface area (Å²) in [4.78, 5) is 26.8. The smallest absolute Gasteiger partial charge is 0.192 e. The molecule has 0 aliphatic carbocycles. The number of rotatable bonds is 5. The Kier molecular flexibility index (Phi) is 5.10. The van der Waals surface area contributed by atoms with Gasteiger partial charge in [0.2, 0.25) is 0 Å². The Labute approximate surface area is 162 Å². The molecule has 27 heavy (non-hydrogen) atoms. The maximum Gasteiger partial charge on any atom is 0.192 e. The first-order valence-electron chi connectivity index (χ1n) is 9.14. The molecule has 1 aliphatic heterocycles. The third kappa shape index (κ3) is 3.68. The number of ketones is 1. The molecule has 1 unspecified atom stereocenters. The largest absolute Gasteiger partial charge is 0.462 e. The molecule has 5 heteroatoms. The van der Waals surface area contributed by atoms with Crippen molar-refractivity contribution in [1.29, 1.82) is 0 Å². The van der Waals surface area contributed by atoms with Gasteiger partial charge >= 0.3 is 0 Å². The molecule has 4 rings (SSSR count). The molecule has 4 nitrogen and oxygen atoms in total. The fourth-order valence-electron chi connectivity index (χ4n) is 3.76. The van der Waals surface area contributed by atoms with Crippen molar-refractivity contribution in [2.24, 2.45) is 0 Å². The van der Waals surface area contributed by atoms with E-state index < -0.39 is 0 Å². The monoisotopic (exact) mass is 381 g/mol. The number of Topliss-reactive ketones (excluding diaryl/α,β-unsaturated/α-hetero) is 1. The molecule has 0 N–H and O–H groups in total. The van der Waals surface area contributed by atoms with Crippen LogP contribution in [0.5, 0.6) is 0 Å². The third-order valence-corrected chi connectivity index (χ3v) is 5.64. The predicted octanol–water partition coefficient (Wildman–Crippen LogP) is 4.51. The Morgan fingerprint density at radius 3 is 2.78 bits per heavy atom. The number of fused-ring (bicyclic) bond motifs is 1. The maximum atomic E-state index is 12.7. The zero-order valence-electron chi connectivity index (χ0n) is 14.9. The van der Waals surface area contributed by atoms with E-state index in [1.165, 1.54) is 17.9 Å². The normalized spacial score (nSPS) is 17.4. The van der Waals surface area contributed by atoms with Crippen molar-refractivity contribution < 1.29 is 9.21 Å². The zero-order valence-corrected chi connectivity index (χ0v) is 15.6. The van der Waals surface area contributed by atoms with Gasteiger partial charge in [0.05, 0.1) is 16.7 Å². The van der Waals surface area contributed by atoms with Crippen LogP contribution >= 0.6 is 11.6 Å². The first kappa shape index (κ1) is 18.0. The lowest BCUT2D eigenvalue weighted by atomic mass is 9.99. The number of nitrogens with zero attached hydrogens (tertiary/aromatic N) is 1. The molecule has 1 aliphatic rings. The highest BCUT2D eigenvalue weighted by molar-refractivity contribution is 6.38. The summed E-state index contributed by atoms with van der Waals surface area (Å²) in [6.45, 7) is 2.67. The van der Waals surface area contributed by atoms with Crippen molar-refractivity contribution >= 4 is 28.4 Å². The van der Waals surface area contributed by atoms with Gasteiger partial charge < -0.3 is 9.32 Å². The molecule has 1 saturated heterocycles. The molecule has 1 fully saturated rings. The summed E-state index contributed by atoms with van der Waals surface area (Å²) in [5, 5.41) is 0.614. The molecule has 0 amide bonds. The first-order chi connectivity index (χ1) is 13.1. The molecule has 2 aromatic carbocycles. The molecule has 1 atom stereocenters. The van der Waals surface area contributed by atoms with Crippen molar-refractivity contribution in [1.82, 2.24) is 4.90 Å². The lowest BCUT2D eigenvalue weighted by Gasteiger charge is -2.16. The molecule has 0 bridgehead atoms.